The van der Waals surface area contributed by atoms with Crippen molar-refractivity contribution >= 4 is 44.4 Å². The van der Waals surface area contributed by atoms with E-state index in [1.807, 2.05) is 0 Å². The van der Waals surface area contributed by atoms with Crippen LogP contribution in [0, 0.1) is 0 Å². The Balaban J connectivity index is 2.59. The van der Waals surface area contributed by atoms with Crippen LogP contribution < -0.4 is 0 Å². The predicted octanol–water partition coefficient (Wildman–Crippen LogP) is 4.75. The van der Waals surface area contributed by atoms with Gasteiger partial charge in [-0.15, -0.1) is 0 Å². The number of para-hydroxylation sites is 2. The van der Waals surface area contributed by atoms with E-state index in [0.29, 0.717) is 4.05 Å². The summed E-state index contributed by atoms with van der Waals surface area (Å²) in [6.07, 6.45) is 0. The summed E-state index contributed by atoms with van der Waals surface area (Å²) in [6, 6.07) is 17.2. The third kappa shape index (κ3) is 1.36. The normalized spacial score (nSPS) is 13.4. The van der Waals surface area contributed by atoms with E-state index in [9.17, 15) is 0 Å². The number of hydrogen-bond donors (Lipinski definition) is 0. The lowest BCUT2D eigenvalue weighted by molar-refractivity contribution is 0.834. The van der Waals surface area contributed by atoms with E-state index in [4.69, 9.17) is 0 Å². The molecule has 1 atom stereocenters. The first-order valence-corrected chi connectivity index (χ1v) is 6.65. The summed E-state index contributed by atoms with van der Waals surface area (Å²) in [7, 11) is 0. The number of aromatic nitrogens is 1. The second kappa shape index (κ2) is 3.77. The largest absolute Gasteiger partial charge is 0.328 e. The van der Waals surface area contributed by atoms with Crippen molar-refractivity contribution in [3.05, 3.63) is 48.5 Å². The lowest BCUT2D eigenvalue weighted by Crippen LogP contribution is -1.96. The van der Waals surface area contributed by atoms with Gasteiger partial charge in [0, 0.05) is 10.8 Å². The van der Waals surface area contributed by atoms with Gasteiger partial charge in [-0.1, -0.05) is 59.0 Å². The van der Waals surface area contributed by atoms with Gasteiger partial charge < -0.3 is 4.57 Å². The fraction of sp³-hybridized carbons (Fsp3) is 0.143. The van der Waals surface area contributed by atoms with Gasteiger partial charge in [0.15, 0.2) is 0 Å². The summed E-state index contributed by atoms with van der Waals surface area (Å²) >= 11 is 2.46. The Labute approximate surface area is 108 Å². The molecule has 0 aliphatic heterocycles. The maximum Gasteiger partial charge on any atom is 0.0830 e. The number of nitrogens with zero attached hydrogens (tertiary/aromatic N) is 1. The highest BCUT2D eigenvalue weighted by molar-refractivity contribution is 14.1. The van der Waals surface area contributed by atoms with E-state index >= 15 is 0 Å². The minimum absolute atomic E-state index is 0.461. The molecule has 1 nitrogen and oxygen atoms in total. The molecule has 1 heterocycles. The van der Waals surface area contributed by atoms with Gasteiger partial charge >= 0.3 is 0 Å². The summed E-state index contributed by atoms with van der Waals surface area (Å²) < 4.78 is 2.85. The molecular weight excluding hydrogens is 309 g/mol. The van der Waals surface area contributed by atoms with Crippen LogP contribution in [0.1, 0.15) is 11.0 Å². The molecular formula is C14H12IN. The topological polar surface area (TPSA) is 4.93 Å². The average molecular weight is 321 g/mol. The standard InChI is InChI=1S/C14H12IN/c1-10(15)16-13-8-4-2-6-11(13)12-7-3-5-9-14(12)16/h2-10H,1H3. The van der Waals surface area contributed by atoms with Gasteiger partial charge in [0.05, 0.1) is 15.1 Å². The Kier molecular flexibility index (Phi) is 2.39. The number of hydrogen-bond acceptors (Lipinski definition) is 0. The smallest absolute Gasteiger partial charge is 0.0830 e. The van der Waals surface area contributed by atoms with Crippen molar-refractivity contribution in [2.45, 2.75) is 11.0 Å². The molecule has 0 N–H and O–H groups in total. The average Bonchev–Trinajstić information content (AvgIpc) is 2.63. The van der Waals surface area contributed by atoms with E-state index in [-0.39, 0.29) is 0 Å². The number of alkyl halides is 1. The van der Waals surface area contributed by atoms with Crippen LogP contribution in [-0.4, -0.2) is 4.57 Å². The molecule has 2 aromatic carbocycles. The minimum atomic E-state index is 0.461. The van der Waals surface area contributed by atoms with Crippen LogP contribution in [0.5, 0.6) is 0 Å². The fourth-order valence-electron chi connectivity index (χ4n) is 2.34. The molecule has 3 aromatic rings. The van der Waals surface area contributed by atoms with Crippen LogP contribution in [-0.2, 0) is 0 Å². The molecule has 80 valence electrons. The van der Waals surface area contributed by atoms with Crippen molar-refractivity contribution in [1.82, 2.24) is 4.57 Å². The zero-order valence-corrected chi connectivity index (χ0v) is 11.2. The summed E-state index contributed by atoms with van der Waals surface area (Å²) in [4.78, 5) is 0. The van der Waals surface area contributed by atoms with Gasteiger partial charge in [-0.2, -0.15) is 0 Å². The Morgan fingerprint density at radius 2 is 1.31 bits per heavy atom. The molecule has 0 fully saturated rings. The molecule has 0 radical (unpaired) electrons. The van der Waals surface area contributed by atoms with Crippen molar-refractivity contribution in [1.29, 1.82) is 0 Å². The number of benzene rings is 2. The summed E-state index contributed by atoms with van der Waals surface area (Å²) in [5.74, 6) is 0. The molecule has 2 heteroatoms. The number of halogens is 1. The first-order valence-electron chi connectivity index (χ1n) is 5.41. The quantitative estimate of drug-likeness (QED) is 0.450. The zero-order chi connectivity index (χ0) is 11.1. The molecule has 0 aliphatic carbocycles. The SMILES string of the molecule is CC(I)n1c2ccccc2c2ccccc21. The molecule has 0 spiro atoms. The fourth-order valence-corrected chi connectivity index (χ4v) is 2.94. The first kappa shape index (κ1) is 10.1. The molecule has 0 amide bonds. The molecule has 0 aliphatic rings. The van der Waals surface area contributed by atoms with Crippen LogP contribution in [0.25, 0.3) is 21.8 Å². The lowest BCUT2D eigenvalue weighted by Gasteiger charge is -2.09. The lowest BCUT2D eigenvalue weighted by atomic mass is 10.2. The molecule has 1 unspecified atom stereocenters. The zero-order valence-electron chi connectivity index (χ0n) is 9.02. The van der Waals surface area contributed by atoms with Crippen LogP contribution >= 0.6 is 22.6 Å². The van der Waals surface area contributed by atoms with Gasteiger partial charge in [-0.25, -0.2) is 0 Å². The van der Waals surface area contributed by atoms with Crippen LogP contribution in [0.15, 0.2) is 48.5 Å². The number of fused-ring (bicyclic) bond motifs is 3. The van der Waals surface area contributed by atoms with Crippen molar-refractivity contribution < 1.29 is 0 Å². The van der Waals surface area contributed by atoms with Gasteiger partial charge in [0.2, 0.25) is 0 Å². The van der Waals surface area contributed by atoms with Gasteiger partial charge in [-0.3, -0.25) is 0 Å². The van der Waals surface area contributed by atoms with Gasteiger partial charge in [0.25, 0.3) is 0 Å². The highest BCUT2D eigenvalue weighted by Crippen LogP contribution is 2.33. The van der Waals surface area contributed by atoms with Crippen molar-refractivity contribution in [3.63, 3.8) is 0 Å². The molecule has 0 bridgehead atoms. The maximum atomic E-state index is 2.46. The van der Waals surface area contributed by atoms with Gasteiger partial charge in [-0.05, 0) is 19.1 Å². The molecule has 3 rings (SSSR count). The second-order valence-electron chi connectivity index (χ2n) is 3.98. The molecule has 1 aromatic heterocycles. The number of rotatable bonds is 1. The Hall–Kier alpha value is -1.03. The predicted molar refractivity (Wildman–Crippen MR) is 78.2 cm³/mol. The molecule has 0 saturated carbocycles. The maximum absolute atomic E-state index is 2.46. The monoisotopic (exact) mass is 321 g/mol. The van der Waals surface area contributed by atoms with Crippen molar-refractivity contribution in [2.24, 2.45) is 0 Å². The minimum Gasteiger partial charge on any atom is -0.328 e. The summed E-state index contributed by atoms with van der Waals surface area (Å²) in [5, 5.41) is 2.70. The van der Waals surface area contributed by atoms with Gasteiger partial charge in [0.1, 0.15) is 0 Å². The third-order valence-corrected chi connectivity index (χ3v) is 3.53. The van der Waals surface area contributed by atoms with E-state index in [0.717, 1.165) is 0 Å². The third-order valence-electron chi connectivity index (χ3n) is 2.97. The molecule has 16 heavy (non-hydrogen) atoms. The highest BCUT2D eigenvalue weighted by Gasteiger charge is 2.11. The van der Waals surface area contributed by atoms with E-state index in [1.165, 1.54) is 21.8 Å². The van der Waals surface area contributed by atoms with Crippen LogP contribution in [0.3, 0.4) is 0 Å². The van der Waals surface area contributed by atoms with E-state index < -0.39 is 0 Å². The summed E-state index contributed by atoms with van der Waals surface area (Å²) in [5.41, 5.74) is 2.65. The molecule has 0 saturated heterocycles. The Morgan fingerprint density at radius 1 is 0.875 bits per heavy atom. The van der Waals surface area contributed by atoms with Crippen molar-refractivity contribution in [3.8, 4) is 0 Å². The van der Waals surface area contributed by atoms with Crippen LogP contribution in [0.4, 0.5) is 0 Å². The van der Waals surface area contributed by atoms with E-state index in [2.05, 4.69) is 82.6 Å². The first-order chi connectivity index (χ1) is 7.79. The Morgan fingerprint density at radius 3 is 1.75 bits per heavy atom. The highest BCUT2D eigenvalue weighted by atomic mass is 127. The van der Waals surface area contributed by atoms with Crippen molar-refractivity contribution in [2.75, 3.05) is 0 Å². The van der Waals surface area contributed by atoms with Crippen LogP contribution in [0.2, 0.25) is 0 Å². The Bertz CT molecular complexity index is 599. The van der Waals surface area contributed by atoms with E-state index in [1.54, 1.807) is 0 Å². The summed E-state index contributed by atoms with van der Waals surface area (Å²) in [6.45, 7) is 2.22. The second-order valence-corrected chi connectivity index (χ2v) is 5.78.